The zero-order chi connectivity index (χ0) is 15.7. The Kier molecular flexibility index (Phi) is 4.96. The van der Waals surface area contributed by atoms with E-state index in [1.165, 1.54) is 11.8 Å². The maximum atomic E-state index is 11.2. The molecule has 0 saturated carbocycles. The average molecular weight is 294 g/mol. The summed E-state index contributed by atoms with van der Waals surface area (Å²) >= 11 is 1.54. The topological polar surface area (TPSA) is 37.3 Å². The van der Waals surface area contributed by atoms with Crippen LogP contribution in [0.4, 0.5) is 0 Å². The van der Waals surface area contributed by atoms with Crippen LogP contribution in [0.5, 0.6) is 5.75 Å². The summed E-state index contributed by atoms with van der Waals surface area (Å²) in [6.07, 6.45) is 0. The van der Waals surface area contributed by atoms with Crippen LogP contribution in [0.1, 0.15) is 59.6 Å². The summed E-state index contributed by atoms with van der Waals surface area (Å²) in [5, 5.41) is 10.6. The molecule has 20 heavy (non-hydrogen) atoms. The predicted octanol–water partition coefficient (Wildman–Crippen LogP) is 4.67. The molecule has 0 atom stereocenters. The van der Waals surface area contributed by atoms with Gasteiger partial charge in [0.25, 0.3) is 0 Å². The van der Waals surface area contributed by atoms with Crippen LogP contribution in [0.25, 0.3) is 0 Å². The van der Waals surface area contributed by atoms with Gasteiger partial charge < -0.3 is 5.11 Å². The second-order valence-corrected chi connectivity index (χ2v) is 8.41. The number of rotatable bonds is 3. The minimum atomic E-state index is -0.128. The fraction of sp³-hybridized carbons (Fsp3) is 0.588. The minimum Gasteiger partial charge on any atom is -0.507 e. The number of phenolic OH excluding ortho intramolecular Hbond substituents is 1. The van der Waals surface area contributed by atoms with Gasteiger partial charge in [-0.1, -0.05) is 41.5 Å². The first-order valence-electron chi connectivity index (χ1n) is 6.93. The molecule has 1 N–H and O–H groups in total. The molecule has 3 heteroatoms. The minimum absolute atomic E-state index is 0.128. The second-order valence-electron chi connectivity index (χ2n) is 7.36. The predicted molar refractivity (Wildman–Crippen MR) is 86.9 cm³/mol. The molecular weight excluding hydrogens is 268 g/mol. The lowest BCUT2D eigenvalue weighted by molar-refractivity contribution is -0.114. The van der Waals surface area contributed by atoms with E-state index in [-0.39, 0.29) is 16.6 Å². The van der Waals surface area contributed by atoms with Crippen LogP contribution in [0.2, 0.25) is 0 Å². The molecule has 0 aromatic heterocycles. The van der Waals surface area contributed by atoms with E-state index in [0.29, 0.717) is 11.5 Å². The van der Waals surface area contributed by atoms with E-state index in [4.69, 9.17) is 0 Å². The molecule has 1 rings (SSSR count). The molecule has 0 heterocycles. The Morgan fingerprint density at radius 3 is 1.75 bits per heavy atom. The molecule has 1 aromatic carbocycles. The Hall–Kier alpha value is -0.960. The van der Waals surface area contributed by atoms with E-state index in [1.54, 1.807) is 6.92 Å². The monoisotopic (exact) mass is 294 g/mol. The number of phenols is 1. The van der Waals surface area contributed by atoms with Crippen LogP contribution in [0.3, 0.4) is 0 Å². The highest BCUT2D eigenvalue weighted by molar-refractivity contribution is 8.00. The van der Waals surface area contributed by atoms with E-state index >= 15 is 0 Å². The molecule has 0 radical (unpaired) electrons. The molecule has 1 aromatic rings. The SMILES string of the molecule is CC(=O)CSc1cc(C(C)(C)C)c(O)c(C(C)(C)C)c1. The Labute approximate surface area is 127 Å². The van der Waals surface area contributed by atoms with Crippen LogP contribution in [0.15, 0.2) is 17.0 Å². The molecule has 0 aliphatic rings. The van der Waals surface area contributed by atoms with Crippen molar-refractivity contribution < 1.29 is 9.90 Å². The van der Waals surface area contributed by atoms with Gasteiger partial charge in [-0.05, 0) is 29.9 Å². The molecule has 2 nitrogen and oxygen atoms in total. The number of benzene rings is 1. The van der Waals surface area contributed by atoms with Crippen LogP contribution >= 0.6 is 11.8 Å². The lowest BCUT2D eigenvalue weighted by Gasteiger charge is -2.28. The van der Waals surface area contributed by atoms with Gasteiger partial charge in [0.15, 0.2) is 0 Å². The van der Waals surface area contributed by atoms with Crippen LogP contribution < -0.4 is 0 Å². The van der Waals surface area contributed by atoms with E-state index in [2.05, 4.69) is 41.5 Å². The molecule has 0 spiro atoms. The van der Waals surface area contributed by atoms with Crippen molar-refractivity contribution in [2.75, 3.05) is 5.75 Å². The Balaban J connectivity index is 3.38. The molecular formula is C17H26O2S. The van der Waals surface area contributed by atoms with Gasteiger partial charge in [-0.25, -0.2) is 0 Å². The van der Waals surface area contributed by atoms with E-state index < -0.39 is 0 Å². The number of aromatic hydroxyl groups is 1. The summed E-state index contributed by atoms with van der Waals surface area (Å²) in [6, 6.07) is 4.02. The van der Waals surface area contributed by atoms with Gasteiger partial charge in [-0.2, -0.15) is 0 Å². The molecule has 0 aliphatic carbocycles. The zero-order valence-corrected chi connectivity index (χ0v) is 14.4. The van der Waals surface area contributed by atoms with Crippen molar-refractivity contribution in [3.8, 4) is 5.75 Å². The molecule has 112 valence electrons. The van der Waals surface area contributed by atoms with Gasteiger partial charge in [0.1, 0.15) is 11.5 Å². The Morgan fingerprint density at radius 2 is 1.45 bits per heavy atom. The van der Waals surface area contributed by atoms with Crippen molar-refractivity contribution in [3.05, 3.63) is 23.3 Å². The van der Waals surface area contributed by atoms with Crippen molar-refractivity contribution in [1.29, 1.82) is 0 Å². The van der Waals surface area contributed by atoms with Crippen LogP contribution in [-0.4, -0.2) is 16.6 Å². The maximum absolute atomic E-state index is 11.2. The van der Waals surface area contributed by atoms with Gasteiger partial charge in [-0.15, -0.1) is 11.8 Å². The molecule has 0 unspecified atom stereocenters. The van der Waals surface area contributed by atoms with Gasteiger partial charge in [0, 0.05) is 16.0 Å². The quantitative estimate of drug-likeness (QED) is 0.823. The van der Waals surface area contributed by atoms with Crippen molar-refractivity contribution in [3.63, 3.8) is 0 Å². The number of thioether (sulfide) groups is 1. The highest BCUT2D eigenvalue weighted by Crippen LogP contribution is 2.41. The van der Waals surface area contributed by atoms with E-state index in [0.717, 1.165) is 16.0 Å². The molecule has 0 bridgehead atoms. The fourth-order valence-electron chi connectivity index (χ4n) is 2.02. The largest absolute Gasteiger partial charge is 0.507 e. The number of hydrogen-bond acceptors (Lipinski definition) is 3. The second kappa shape index (κ2) is 5.80. The molecule has 0 fully saturated rings. The Morgan fingerprint density at radius 1 is 1.05 bits per heavy atom. The lowest BCUT2D eigenvalue weighted by Crippen LogP contribution is -2.17. The first kappa shape index (κ1) is 17.1. The number of carbonyl (C=O) groups excluding carboxylic acids is 1. The molecule has 0 aliphatic heterocycles. The smallest absolute Gasteiger partial charge is 0.140 e. The third kappa shape index (κ3) is 4.27. The number of Topliss-reactive ketones (excluding diaryl/α,β-unsaturated/α-hetero) is 1. The summed E-state index contributed by atoms with van der Waals surface area (Å²) in [4.78, 5) is 12.2. The van der Waals surface area contributed by atoms with Crippen molar-refractivity contribution in [1.82, 2.24) is 0 Å². The summed E-state index contributed by atoms with van der Waals surface area (Å²) in [5.41, 5.74) is 1.63. The molecule has 0 amide bonds. The zero-order valence-electron chi connectivity index (χ0n) is 13.6. The number of ketones is 1. The summed E-state index contributed by atoms with van der Waals surface area (Å²) in [5.74, 6) is 1.02. The fourth-order valence-corrected chi connectivity index (χ4v) is 2.79. The first-order chi connectivity index (χ1) is 8.93. The maximum Gasteiger partial charge on any atom is 0.140 e. The van der Waals surface area contributed by atoms with Crippen molar-refractivity contribution >= 4 is 17.5 Å². The lowest BCUT2D eigenvalue weighted by atomic mass is 9.79. The van der Waals surface area contributed by atoms with Crippen LogP contribution in [0, 0.1) is 0 Å². The first-order valence-corrected chi connectivity index (χ1v) is 7.91. The summed E-state index contributed by atoms with van der Waals surface area (Å²) < 4.78 is 0. The van der Waals surface area contributed by atoms with Gasteiger partial charge in [0.2, 0.25) is 0 Å². The van der Waals surface area contributed by atoms with E-state index in [1.807, 2.05) is 12.1 Å². The third-order valence-electron chi connectivity index (χ3n) is 3.14. The summed E-state index contributed by atoms with van der Waals surface area (Å²) in [6.45, 7) is 14.1. The van der Waals surface area contributed by atoms with Gasteiger partial charge >= 0.3 is 0 Å². The third-order valence-corrected chi connectivity index (χ3v) is 4.26. The average Bonchev–Trinajstić information content (AvgIpc) is 2.24. The van der Waals surface area contributed by atoms with Crippen molar-refractivity contribution in [2.45, 2.75) is 64.2 Å². The highest BCUT2D eigenvalue weighted by Gasteiger charge is 2.26. The summed E-state index contributed by atoms with van der Waals surface area (Å²) in [7, 11) is 0. The highest BCUT2D eigenvalue weighted by atomic mass is 32.2. The standard InChI is InChI=1S/C17H26O2S/c1-11(18)10-20-12-8-13(16(2,3)4)15(19)14(9-12)17(5,6)7/h8-9,19H,10H2,1-7H3. The van der Waals surface area contributed by atoms with Crippen molar-refractivity contribution in [2.24, 2.45) is 0 Å². The molecule has 0 saturated heterocycles. The number of hydrogen-bond donors (Lipinski definition) is 1. The van der Waals surface area contributed by atoms with E-state index in [9.17, 15) is 9.90 Å². The number of carbonyl (C=O) groups is 1. The van der Waals surface area contributed by atoms with Crippen LogP contribution in [-0.2, 0) is 15.6 Å². The van der Waals surface area contributed by atoms with Gasteiger partial charge in [0.05, 0.1) is 5.75 Å². The van der Waals surface area contributed by atoms with Gasteiger partial charge in [-0.3, -0.25) is 4.79 Å². The Bertz CT molecular complexity index is 470. The normalized spacial score (nSPS) is 12.6.